The molecule has 3 aliphatic heterocycles. The Morgan fingerprint density at radius 3 is 2.38 bits per heavy atom. The van der Waals surface area contributed by atoms with E-state index >= 15 is 0 Å². The molecule has 282 valence electrons. The first-order valence-electron chi connectivity index (χ1n) is 18.0. The van der Waals surface area contributed by atoms with E-state index in [-0.39, 0.29) is 43.1 Å². The lowest BCUT2D eigenvalue weighted by atomic mass is 9.85. The second-order valence-corrected chi connectivity index (χ2v) is 15.6. The number of anilines is 1. The van der Waals surface area contributed by atoms with Crippen LogP contribution < -0.4 is 14.4 Å². The first-order chi connectivity index (χ1) is 25.2. The molecule has 0 aliphatic carbocycles. The Bertz CT molecular complexity index is 1740. The lowest BCUT2D eigenvalue weighted by molar-refractivity contribution is -0.149. The molecule has 0 spiro atoms. The molecule has 3 aromatic rings. The van der Waals surface area contributed by atoms with Crippen LogP contribution in [0, 0.1) is 6.92 Å². The lowest BCUT2D eigenvalue weighted by Crippen LogP contribution is -2.55. The number of carbonyl (C=O) groups excluding carboxylic acids is 1. The second-order valence-electron chi connectivity index (χ2n) is 13.6. The Morgan fingerprint density at radius 1 is 0.923 bits per heavy atom. The normalized spacial score (nSPS) is 22.5. The molecule has 52 heavy (non-hydrogen) atoms. The van der Waals surface area contributed by atoms with Gasteiger partial charge in [-0.25, -0.2) is 8.42 Å². The number of ether oxygens (including phenoxy) is 6. The van der Waals surface area contributed by atoms with Gasteiger partial charge in [-0.05, 0) is 67.8 Å². The fourth-order valence-corrected chi connectivity index (χ4v) is 8.63. The number of piperidine rings is 1. The second kappa shape index (κ2) is 17.4. The van der Waals surface area contributed by atoms with E-state index in [1.807, 2.05) is 50.2 Å². The molecule has 1 amide bonds. The molecule has 1 unspecified atom stereocenters. The molecule has 4 atom stereocenters. The highest BCUT2D eigenvalue weighted by Crippen LogP contribution is 2.38. The number of hydrogen-bond donors (Lipinski definition) is 0. The zero-order valence-electron chi connectivity index (χ0n) is 30.6. The summed E-state index contributed by atoms with van der Waals surface area (Å²) in [5.41, 5.74) is 3.79. The van der Waals surface area contributed by atoms with Crippen LogP contribution in [0.15, 0.2) is 71.6 Å². The number of methoxy groups -OCH3 is 2. The largest absolute Gasteiger partial charge is 0.497 e. The number of nitrogens with zero attached hydrogens (tertiary/aromatic N) is 3. The van der Waals surface area contributed by atoms with E-state index in [9.17, 15) is 13.2 Å². The topological polar surface area (TPSA) is 116 Å². The maximum absolute atomic E-state index is 14.2. The van der Waals surface area contributed by atoms with Gasteiger partial charge in [-0.3, -0.25) is 4.79 Å². The van der Waals surface area contributed by atoms with Crippen molar-refractivity contribution in [1.29, 1.82) is 0 Å². The molecule has 3 aromatic carbocycles. The third kappa shape index (κ3) is 8.90. The Kier molecular flexibility index (Phi) is 12.7. The van der Waals surface area contributed by atoms with E-state index in [0.29, 0.717) is 38.7 Å². The van der Waals surface area contributed by atoms with Crippen LogP contribution in [0.4, 0.5) is 5.69 Å². The number of benzene rings is 3. The van der Waals surface area contributed by atoms with Gasteiger partial charge in [0.15, 0.2) is 0 Å². The molecule has 0 N–H and O–H groups in total. The van der Waals surface area contributed by atoms with Crippen LogP contribution in [0.3, 0.4) is 0 Å². The summed E-state index contributed by atoms with van der Waals surface area (Å²) < 4.78 is 65.3. The monoisotopic (exact) mass is 737 g/mol. The van der Waals surface area contributed by atoms with Crippen molar-refractivity contribution >= 4 is 21.6 Å². The van der Waals surface area contributed by atoms with E-state index in [2.05, 4.69) is 11.0 Å². The Balaban J connectivity index is 1.31. The fourth-order valence-electron chi connectivity index (χ4n) is 7.17. The molecule has 0 radical (unpaired) electrons. The van der Waals surface area contributed by atoms with E-state index < -0.39 is 28.1 Å². The van der Waals surface area contributed by atoms with Crippen LogP contribution >= 0.6 is 0 Å². The third-order valence-electron chi connectivity index (χ3n) is 10.1. The molecule has 0 bridgehead atoms. The highest BCUT2D eigenvalue weighted by atomic mass is 32.2. The SMILES string of the molecule is COCCCN1CCOc2ccc(CO[C@H]3CN(S(=O)(=O)c4ccc(C)cc4)C[C@@H](OCC(=O)N4CCOCC4C)[C@@H]3c3ccc(OC)cc3)cc21. The van der Waals surface area contributed by atoms with Gasteiger partial charge in [-0.1, -0.05) is 35.9 Å². The first-order valence-corrected chi connectivity index (χ1v) is 19.4. The Hall–Kier alpha value is -3.72. The van der Waals surface area contributed by atoms with Crippen LogP contribution in [0.1, 0.15) is 36.0 Å². The summed E-state index contributed by atoms with van der Waals surface area (Å²) in [7, 11) is -0.614. The highest BCUT2D eigenvalue weighted by Gasteiger charge is 2.44. The zero-order chi connectivity index (χ0) is 36.7. The molecule has 2 saturated heterocycles. The van der Waals surface area contributed by atoms with Crippen molar-refractivity contribution in [1.82, 2.24) is 9.21 Å². The van der Waals surface area contributed by atoms with Crippen molar-refractivity contribution in [3.63, 3.8) is 0 Å². The van der Waals surface area contributed by atoms with Crippen LogP contribution in [0.2, 0.25) is 0 Å². The number of amides is 1. The Morgan fingerprint density at radius 2 is 1.67 bits per heavy atom. The van der Waals surface area contributed by atoms with Gasteiger partial charge >= 0.3 is 0 Å². The average molecular weight is 738 g/mol. The third-order valence-corrected chi connectivity index (χ3v) is 11.9. The molecule has 3 aliphatic rings. The summed E-state index contributed by atoms with van der Waals surface area (Å²) in [6.45, 7) is 8.34. The predicted octanol–water partition coefficient (Wildman–Crippen LogP) is 4.24. The maximum atomic E-state index is 14.2. The van der Waals surface area contributed by atoms with Gasteiger partial charge in [0.2, 0.25) is 15.9 Å². The van der Waals surface area contributed by atoms with E-state index in [1.165, 1.54) is 4.31 Å². The minimum absolute atomic E-state index is 0.0470. The summed E-state index contributed by atoms with van der Waals surface area (Å²) in [6.07, 6.45) is -0.419. The molecule has 0 aromatic heterocycles. The molecule has 2 fully saturated rings. The van der Waals surface area contributed by atoms with Crippen molar-refractivity contribution < 1.29 is 41.6 Å². The number of aryl methyl sites for hydroxylation is 1. The zero-order valence-corrected chi connectivity index (χ0v) is 31.4. The number of hydrogen-bond acceptors (Lipinski definition) is 10. The molecule has 12 nitrogen and oxygen atoms in total. The van der Waals surface area contributed by atoms with Crippen molar-refractivity contribution in [3.8, 4) is 11.5 Å². The van der Waals surface area contributed by atoms with Gasteiger partial charge in [0.25, 0.3) is 0 Å². The van der Waals surface area contributed by atoms with Gasteiger partial charge in [0.05, 0.1) is 62.3 Å². The number of fused-ring (bicyclic) bond motifs is 1. The van der Waals surface area contributed by atoms with Gasteiger partial charge < -0.3 is 38.2 Å². The van der Waals surface area contributed by atoms with E-state index in [0.717, 1.165) is 47.6 Å². The quantitative estimate of drug-likeness (QED) is 0.223. The summed E-state index contributed by atoms with van der Waals surface area (Å²) in [6, 6.07) is 20.5. The molecular weight excluding hydrogens is 687 g/mol. The summed E-state index contributed by atoms with van der Waals surface area (Å²) >= 11 is 0. The van der Waals surface area contributed by atoms with Crippen molar-refractivity contribution in [3.05, 3.63) is 83.4 Å². The van der Waals surface area contributed by atoms with Gasteiger partial charge in [0, 0.05) is 45.8 Å². The number of morpholine rings is 1. The van der Waals surface area contributed by atoms with Crippen LogP contribution in [-0.2, 0) is 40.4 Å². The van der Waals surface area contributed by atoms with E-state index in [4.69, 9.17) is 28.4 Å². The maximum Gasteiger partial charge on any atom is 0.248 e. The molecular formula is C39H51N3O9S. The lowest BCUT2D eigenvalue weighted by Gasteiger charge is -2.43. The minimum atomic E-state index is -3.93. The van der Waals surface area contributed by atoms with Crippen molar-refractivity contribution in [2.45, 2.75) is 55.9 Å². The van der Waals surface area contributed by atoms with E-state index in [1.54, 1.807) is 43.4 Å². The van der Waals surface area contributed by atoms with Gasteiger partial charge in [-0.15, -0.1) is 0 Å². The van der Waals surface area contributed by atoms with Crippen molar-refractivity contribution in [2.75, 3.05) is 84.9 Å². The summed E-state index contributed by atoms with van der Waals surface area (Å²) in [4.78, 5) is 17.7. The smallest absolute Gasteiger partial charge is 0.248 e. The fraction of sp³-hybridized carbons (Fsp3) is 0.513. The number of carbonyl (C=O) groups is 1. The molecule has 13 heteroatoms. The number of sulfonamides is 1. The number of rotatable bonds is 14. The van der Waals surface area contributed by atoms with Gasteiger partial charge in [0.1, 0.15) is 24.7 Å². The van der Waals surface area contributed by atoms with Gasteiger partial charge in [-0.2, -0.15) is 4.31 Å². The average Bonchev–Trinajstić information content (AvgIpc) is 3.16. The van der Waals surface area contributed by atoms with Crippen LogP contribution in [0.25, 0.3) is 0 Å². The summed E-state index contributed by atoms with van der Waals surface area (Å²) in [5.74, 6) is 0.966. The standard InChI is InChI=1S/C39H51N3O9S/c1-28-6-13-33(14-7-28)52(44,45)41-23-36(50-26-30-8-15-35-34(22-30)40(17-21-49-35)16-5-19-46-3)39(31-9-11-32(47-4)12-10-31)37(24-41)51-27-38(43)42-18-20-48-25-29(42)2/h6-15,22,29,36-37,39H,5,16-21,23-27H2,1-4H3/t29?,36-,37+,39+/m0/s1. The summed E-state index contributed by atoms with van der Waals surface area (Å²) in [5, 5.41) is 0. The highest BCUT2D eigenvalue weighted by molar-refractivity contribution is 7.89. The molecule has 6 rings (SSSR count). The van der Waals surface area contributed by atoms with Crippen LogP contribution in [0.5, 0.6) is 11.5 Å². The molecule has 3 heterocycles. The van der Waals surface area contributed by atoms with Crippen LogP contribution in [-0.4, -0.2) is 122 Å². The predicted molar refractivity (Wildman–Crippen MR) is 197 cm³/mol. The first kappa shape index (κ1) is 38.0. The minimum Gasteiger partial charge on any atom is -0.497 e. The van der Waals surface area contributed by atoms with Crippen molar-refractivity contribution in [2.24, 2.45) is 0 Å². The molecule has 0 saturated carbocycles. The Labute approximate surface area is 307 Å².